The Morgan fingerprint density at radius 3 is 2.14 bits per heavy atom. The highest BCUT2D eigenvalue weighted by Crippen LogP contribution is 2.24. The van der Waals surface area contributed by atoms with Gasteiger partial charge in [-0.1, -0.05) is 52.0 Å². The Morgan fingerprint density at radius 2 is 1.68 bits per heavy atom. The van der Waals surface area contributed by atoms with Crippen LogP contribution in [0.3, 0.4) is 0 Å². The highest BCUT2D eigenvalue weighted by Gasteiger charge is 2.20. The molecule has 0 aliphatic carbocycles. The lowest BCUT2D eigenvalue weighted by atomic mass is 9.93. The summed E-state index contributed by atoms with van der Waals surface area (Å²) in [6, 6.07) is 8.51. The van der Waals surface area contributed by atoms with Gasteiger partial charge in [0.15, 0.2) is 0 Å². The van der Waals surface area contributed by atoms with Crippen molar-refractivity contribution in [3.05, 3.63) is 53.3 Å². The number of nitrogens with one attached hydrogen (secondary N) is 1. The van der Waals surface area contributed by atoms with Crippen molar-refractivity contribution in [1.82, 2.24) is 15.1 Å². The number of hydrogen-bond donors (Lipinski definition) is 1. The minimum atomic E-state index is -0.0836. The predicted molar refractivity (Wildman–Crippen MR) is 88.8 cm³/mol. The van der Waals surface area contributed by atoms with E-state index in [0.29, 0.717) is 17.4 Å². The van der Waals surface area contributed by atoms with Crippen LogP contribution < -0.4 is 5.32 Å². The Labute approximate surface area is 132 Å². The molecule has 0 unspecified atom stereocenters. The molecule has 2 rings (SSSR count). The number of rotatable bonds is 5. The van der Waals surface area contributed by atoms with Gasteiger partial charge in [-0.05, 0) is 23.0 Å². The molecular weight excluding hydrogens is 274 g/mol. The summed E-state index contributed by atoms with van der Waals surface area (Å²) in [7, 11) is 1.81. The van der Waals surface area contributed by atoms with Gasteiger partial charge in [-0.25, -0.2) is 0 Å². The van der Waals surface area contributed by atoms with Crippen LogP contribution in [0.5, 0.6) is 0 Å². The van der Waals surface area contributed by atoms with E-state index in [2.05, 4.69) is 62.4 Å². The van der Waals surface area contributed by atoms with Gasteiger partial charge in [-0.2, -0.15) is 5.10 Å². The van der Waals surface area contributed by atoms with Gasteiger partial charge in [0.05, 0.1) is 17.8 Å². The quantitative estimate of drug-likeness (QED) is 0.915. The minimum absolute atomic E-state index is 0.00563. The molecule has 2 aromatic rings. The second-order valence-corrected chi connectivity index (χ2v) is 6.42. The summed E-state index contributed by atoms with van der Waals surface area (Å²) >= 11 is 0. The Morgan fingerprint density at radius 1 is 1.09 bits per heavy atom. The van der Waals surface area contributed by atoms with Gasteiger partial charge in [-0.15, -0.1) is 0 Å². The molecule has 1 N–H and O–H groups in total. The monoisotopic (exact) mass is 299 g/mol. The third-order valence-corrected chi connectivity index (χ3v) is 3.88. The molecule has 4 heteroatoms. The molecule has 118 valence electrons. The average Bonchev–Trinajstić information content (AvgIpc) is 2.91. The standard InChI is InChI=1S/C18H25N3O/c1-12(2)14-6-8-15(9-7-14)17(13(3)4)20-18(22)16-10-19-21(5)11-16/h6-13,17H,1-5H3,(H,20,22)/t17-/m0/s1. The Bertz CT molecular complexity index is 626. The average molecular weight is 299 g/mol. The lowest BCUT2D eigenvalue weighted by Crippen LogP contribution is -2.31. The molecule has 0 fully saturated rings. The second-order valence-electron chi connectivity index (χ2n) is 6.42. The molecule has 1 heterocycles. The summed E-state index contributed by atoms with van der Waals surface area (Å²) in [6.45, 7) is 8.59. The van der Waals surface area contributed by atoms with Crippen molar-refractivity contribution in [2.75, 3.05) is 0 Å². The summed E-state index contributed by atoms with van der Waals surface area (Å²) < 4.78 is 1.64. The van der Waals surface area contributed by atoms with Crippen molar-refractivity contribution in [3.63, 3.8) is 0 Å². The molecule has 1 atom stereocenters. The third-order valence-electron chi connectivity index (χ3n) is 3.88. The summed E-state index contributed by atoms with van der Waals surface area (Å²) in [5.74, 6) is 0.738. The number of nitrogens with zero attached hydrogens (tertiary/aromatic N) is 2. The fourth-order valence-corrected chi connectivity index (χ4v) is 2.49. The number of carbonyl (C=O) groups excluding carboxylic acids is 1. The van der Waals surface area contributed by atoms with Gasteiger partial charge in [-0.3, -0.25) is 9.48 Å². The van der Waals surface area contributed by atoms with Gasteiger partial charge >= 0.3 is 0 Å². The first-order valence-corrected chi connectivity index (χ1v) is 7.78. The highest BCUT2D eigenvalue weighted by atomic mass is 16.1. The topological polar surface area (TPSA) is 46.9 Å². The number of aromatic nitrogens is 2. The lowest BCUT2D eigenvalue weighted by molar-refractivity contribution is 0.0925. The summed E-state index contributed by atoms with van der Waals surface area (Å²) in [6.07, 6.45) is 3.32. The van der Waals surface area contributed by atoms with Gasteiger partial charge in [0.2, 0.25) is 0 Å². The van der Waals surface area contributed by atoms with E-state index >= 15 is 0 Å². The van der Waals surface area contributed by atoms with Crippen LogP contribution in [-0.4, -0.2) is 15.7 Å². The first-order chi connectivity index (χ1) is 10.4. The number of amides is 1. The van der Waals surface area contributed by atoms with E-state index in [1.165, 1.54) is 5.56 Å². The molecule has 1 aromatic carbocycles. The zero-order chi connectivity index (χ0) is 16.3. The Kier molecular flexibility index (Phi) is 5.01. The first-order valence-electron chi connectivity index (χ1n) is 7.78. The maximum atomic E-state index is 12.4. The fourth-order valence-electron chi connectivity index (χ4n) is 2.49. The van der Waals surface area contributed by atoms with Crippen LogP contribution in [0, 0.1) is 5.92 Å². The van der Waals surface area contributed by atoms with E-state index in [-0.39, 0.29) is 11.9 Å². The highest BCUT2D eigenvalue weighted by molar-refractivity contribution is 5.93. The van der Waals surface area contributed by atoms with Crippen molar-refractivity contribution in [3.8, 4) is 0 Å². The van der Waals surface area contributed by atoms with Crippen LogP contribution >= 0.6 is 0 Å². The van der Waals surface area contributed by atoms with Gasteiger partial charge in [0.25, 0.3) is 5.91 Å². The maximum absolute atomic E-state index is 12.4. The minimum Gasteiger partial charge on any atom is -0.345 e. The second kappa shape index (κ2) is 6.77. The molecule has 0 radical (unpaired) electrons. The Hall–Kier alpha value is -2.10. The molecule has 4 nitrogen and oxygen atoms in total. The number of aryl methyl sites for hydroxylation is 1. The molecule has 22 heavy (non-hydrogen) atoms. The van der Waals surface area contributed by atoms with Crippen LogP contribution in [0.2, 0.25) is 0 Å². The van der Waals surface area contributed by atoms with Crippen LogP contribution in [0.1, 0.15) is 61.1 Å². The van der Waals surface area contributed by atoms with E-state index in [4.69, 9.17) is 0 Å². The molecule has 0 saturated carbocycles. The van der Waals surface area contributed by atoms with E-state index < -0.39 is 0 Å². The largest absolute Gasteiger partial charge is 0.345 e. The Balaban J connectivity index is 2.17. The molecule has 1 aromatic heterocycles. The molecular formula is C18H25N3O. The number of benzene rings is 1. The van der Waals surface area contributed by atoms with E-state index in [1.54, 1.807) is 24.1 Å². The molecule has 0 bridgehead atoms. The zero-order valence-corrected chi connectivity index (χ0v) is 14.0. The van der Waals surface area contributed by atoms with Crippen molar-refractivity contribution in [2.24, 2.45) is 13.0 Å². The van der Waals surface area contributed by atoms with Crippen molar-refractivity contribution in [2.45, 2.75) is 39.7 Å². The van der Waals surface area contributed by atoms with E-state index in [0.717, 1.165) is 5.56 Å². The predicted octanol–water partition coefficient (Wildman–Crippen LogP) is 3.67. The number of carbonyl (C=O) groups is 1. The molecule has 0 saturated heterocycles. The fraction of sp³-hybridized carbons (Fsp3) is 0.444. The van der Waals surface area contributed by atoms with Gasteiger partial charge in [0, 0.05) is 13.2 Å². The van der Waals surface area contributed by atoms with Crippen LogP contribution in [0.4, 0.5) is 0 Å². The van der Waals surface area contributed by atoms with Crippen LogP contribution in [-0.2, 0) is 7.05 Å². The van der Waals surface area contributed by atoms with Crippen molar-refractivity contribution < 1.29 is 4.79 Å². The zero-order valence-electron chi connectivity index (χ0n) is 14.0. The van der Waals surface area contributed by atoms with Crippen LogP contribution in [0.15, 0.2) is 36.7 Å². The summed E-state index contributed by atoms with van der Waals surface area (Å²) in [5.41, 5.74) is 3.04. The maximum Gasteiger partial charge on any atom is 0.254 e. The third kappa shape index (κ3) is 3.75. The smallest absolute Gasteiger partial charge is 0.254 e. The van der Waals surface area contributed by atoms with E-state index in [9.17, 15) is 4.79 Å². The molecule has 0 aliphatic rings. The van der Waals surface area contributed by atoms with Crippen molar-refractivity contribution in [1.29, 1.82) is 0 Å². The van der Waals surface area contributed by atoms with Crippen LogP contribution in [0.25, 0.3) is 0 Å². The normalized spacial score (nSPS) is 12.7. The van der Waals surface area contributed by atoms with E-state index in [1.807, 2.05) is 0 Å². The van der Waals surface area contributed by atoms with Gasteiger partial charge < -0.3 is 5.32 Å². The SMILES string of the molecule is CC(C)c1ccc([C@@H](NC(=O)c2cnn(C)c2)C(C)C)cc1. The lowest BCUT2D eigenvalue weighted by Gasteiger charge is -2.23. The molecule has 0 aliphatic heterocycles. The summed E-state index contributed by atoms with van der Waals surface area (Å²) in [5, 5.41) is 7.17. The van der Waals surface area contributed by atoms with Gasteiger partial charge in [0.1, 0.15) is 0 Å². The number of hydrogen-bond acceptors (Lipinski definition) is 2. The first kappa shape index (κ1) is 16.3. The van der Waals surface area contributed by atoms with Crippen molar-refractivity contribution >= 4 is 5.91 Å². The summed E-state index contributed by atoms with van der Waals surface area (Å²) in [4.78, 5) is 12.4. The molecule has 0 spiro atoms. The molecule has 1 amide bonds.